The van der Waals surface area contributed by atoms with Crippen LogP contribution in [0.5, 0.6) is 0 Å². The molecule has 1 heterocycles. The van der Waals surface area contributed by atoms with Crippen LogP contribution in [0.2, 0.25) is 13.1 Å². The number of carbonyl (C=O) groups is 3. The van der Waals surface area contributed by atoms with Crippen LogP contribution in [0.15, 0.2) is 71.6 Å². The van der Waals surface area contributed by atoms with E-state index < -0.39 is 49.0 Å². The summed E-state index contributed by atoms with van der Waals surface area (Å²) in [6.45, 7) is 17.6. The Morgan fingerprint density at radius 2 is 1.69 bits per heavy atom. The summed E-state index contributed by atoms with van der Waals surface area (Å²) in [5.41, 5.74) is -0.439. The zero-order chi connectivity index (χ0) is 31.4. The van der Waals surface area contributed by atoms with Crippen molar-refractivity contribution in [3.63, 3.8) is 0 Å². The molecule has 1 fully saturated rings. The first-order valence-electron chi connectivity index (χ1n) is 13.9. The molecule has 42 heavy (non-hydrogen) atoms. The molecule has 0 saturated carbocycles. The minimum Gasteiger partial charge on any atom is -0.459 e. The van der Waals surface area contributed by atoms with Crippen LogP contribution in [0.1, 0.15) is 46.6 Å². The van der Waals surface area contributed by atoms with E-state index in [0.717, 1.165) is 16.7 Å². The van der Waals surface area contributed by atoms with Gasteiger partial charge in [-0.25, -0.2) is 4.79 Å². The number of nitrogens with zero attached hydrogens (tertiary/aromatic N) is 2. The number of nitro benzene ring substituents is 1. The Labute approximate surface area is 253 Å². The van der Waals surface area contributed by atoms with E-state index in [4.69, 9.17) is 9.16 Å². The Kier molecular flexibility index (Phi) is 10.6. The molecule has 9 nitrogen and oxygen atoms in total. The van der Waals surface area contributed by atoms with Gasteiger partial charge in [0.25, 0.3) is 5.69 Å². The topological polar surface area (TPSA) is 116 Å². The van der Waals surface area contributed by atoms with Crippen LogP contribution in [0.4, 0.5) is 5.69 Å². The second kappa shape index (κ2) is 13.3. The Hall–Kier alpha value is -3.28. The molecule has 0 aromatic heterocycles. The number of esters is 1. The van der Waals surface area contributed by atoms with Crippen molar-refractivity contribution < 1.29 is 28.5 Å². The molecule has 2 aromatic rings. The second-order valence-electron chi connectivity index (χ2n) is 12.1. The van der Waals surface area contributed by atoms with E-state index in [0.29, 0.717) is 11.1 Å². The molecule has 226 valence electrons. The van der Waals surface area contributed by atoms with E-state index in [2.05, 4.69) is 6.58 Å². The van der Waals surface area contributed by atoms with E-state index in [1.807, 2.05) is 71.1 Å². The molecule has 1 saturated heterocycles. The van der Waals surface area contributed by atoms with Gasteiger partial charge in [-0.1, -0.05) is 57.3 Å². The largest absolute Gasteiger partial charge is 0.459 e. The van der Waals surface area contributed by atoms with Crippen LogP contribution in [0.3, 0.4) is 0 Å². The molecule has 1 aliphatic heterocycles. The zero-order valence-corrected chi connectivity index (χ0v) is 27.3. The standard InChI is InChI=1S/C31H40N2O7SSi/c1-20(2)27(29(36)39-19-21-14-16-22(17-15-21)33(37)38)32-24(18-25(34)41-23-12-10-9-11-13-23)26(28(32)35)31(6,30(3,4)5)40-42(7)8/h9-17,24,26-27,42H,1,18-19H2,2-8H3/t24-,26-,27-,31-/m1/s1. The van der Waals surface area contributed by atoms with Gasteiger partial charge in [-0.3, -0.25) is 19.7 Å². The van der Waals surface area contributed by atoms with Crippen LogP contribution in [-0.4, -0.2) is 53.5 Å². The number of likely N-dealkylation sites (tertiary alicyclic amines) is 1. The van der Waals surface area contributed by atoms with E-state index in [9.17, 15) is 24.5 Å². The van der Waals surface area contributed by atoms with Gasteiger partial charge in [-0.15, -0.1) is 0 Å². The van der Waals surface area contributed by atoms with E-state index in [1.54, 1.807) is 6.92 Å². The van der Waals surface area contributed by atoms with Crippen LogP contribution < -0.4 is 0 Å². The van der Waals surface area contributed by atoms with Gasteiger partial charge in [0.1, 0.15) is 6.61 Å². The average molecular weight is 613 g/mol. The van der Waals surface area contributed by atoms with Crippen molar-refractivity contribution >= 4 is 43.5 Å². The lowest BCUT2D eigenvalue weighted by atomic mass is 9.62. The number of benzene rings is 2. The molecule has 1 amide bonds. The molecule has 0 radical (unpaired) electrons. The fraction of sp³-hybridized carbons (Fsp3) is 0.452. The summed E-state index contributed by atoms with van der Waals surface area (Å²) in [6, 6.07) is 13.2. The normalized spacial score (nSPS) is 19.0. The van der Waals surface area contributed by atoms with Crippen LogP contribution in [0.25, 0.3) is 0 Å². The number of carbonyl (C=O) groups excluding carboxylic acids is 3. The van der Waals surface area contributed by atoms with Crippen LogP contribution >= 0.6 is 11.8 Å². The lowest BCUT2D eigenvalue weighted by Gasteiger charge is -2.59. The van der Waals surface area contributed by atoms with Crippen molar-refractivity contribution in [3.05, 3.63) is 82.4 Å². The highest BCUT2D eigenvalue weighted by Gasteiger charge is 2.63. The Morgan fingerprint density at radius 1 is 1.10 bits per heavy atom. The van der Waals surface area contributed by atoms with Crippen molar-refractivity contribution in [2.24, 2.45) is 11.3 Å². The predicted molar refractivity (Wildman–Crippen MR) is 165 cm³/mol. The minimum atomic E-state index is -1.63. The Balaban J connectivity index is 1.92. The number of non-ortho nitro benzene ring substituents is 1. The van der Waals surface area contributed by atoms with Crippen LogP contribution in [0, 0.1) is 21.4 Å². The number of hydrogen-bond acceptors (Lipinski definition) is 8. The maximum absolute atomic E-state index is 14.0. The minimum absolute atomic E-state index is 0.0179. The van der Waals surface area contributed by atoms with Gasteiger partial charge in [0.15, 0.2) is 20.2 Å². The quantitative estimate of drug-likeness (QED) is 0.0551. The zero-order valence-electron chi connectivity index (χ0n) is 25.3. The number of amides is 1. The molecule has 0 aliphatic carbocycles. The van der Waals surface area contributed by atoms with Gasteiger partial charge >= 0.3 is 5.97 Å². The second-order valence-corrected chi connectivity index (χ2v) is 15.5. The molecular weight excluding hydrogens is 573 g/mol. The van der Waals surface area contributed by atoms with E-state index >= 15 is 0 Å². The molecule has 3 rings (SSSR count). The third kappa shape index (κ3) is 7.37. The maximum atomic E-state index is 14.0. The molecule has 11 heteroatoms. The van der Waals surface area contributed by atoms with Crippen molar-refractivity contribution in [2.45, 2.75) is 83.3 Å². The van der Waals surface area contributed by atoms with Gasteiger partial charge < -0.3 is 14.1 Å². The van der Waals surface area contributed by atoms with Crippen LogP contribution in [-0.2, 0) is 30.2 Å². The number of β-lactam (4-membered cyclic amide) rings is 1. The maximum Gasteiger partial charge on any atom is 0.333 e. The molecule has 0 spiro atoms. The first kappa shape index (κ1) is 33.2. The molecule has 1 aliphatic rings. The van der Waals surface area contributed by atoms with Gasteiger partial charge in [0.2, 0.25) is 5.91 Å². The summed E-state index contributed by atoms with van der Waals surface area (Å²) in [7, 11) is -1.63. The van der Waals surface area contributed by atoms with Gasteiger partial charge in [-0.2, -0.15) is 0 Å². The first-order valence-corrected chi connectivity index (χ1v) is 17.5. The average Bonchev–Trinajstić information content (AvgIpc) is 2.89. The summed E-state index contributed by atoms with van der Waals surface area (Å²) in [4.78, 5) is 53.6. The lowest BCUT2D eigenvalue weighted by molar-refractivity contribution is -0.384. The third-order valence-corrected chi connectivity index (χ3v) is 9.54. The monoisotopic (exact) mass is 612 g/mol. The highest BCUT2D eigenvalue weighted by atomic mass is 32.2. The summed E-state index contributed by atoms with van der Waals surface area (Å²) in [5.74, 6) is -1.63. The Morgan fingerprint density at radius 3 is 2.19 bits per heavy atom. The highest BCUT2D eigenvalue weighted by molar-refractivity contribution is 8.13. The first-order chi connectivity index (χ1) is 19.6. The highest BCUT2D eigenvalue weighted by Crippen LogP contribution is 2.50. The number of hydrogen-bond donors (Lipinski definition) is 0. The number of nitro groups is 1. The van der Waals surface area contributed by atoms with Crippen molar-refractivity contribution in [1.29, 1.82) is 0 Å². The smallest absolute Gasteiger partial charge is 0.333 e. The molecule has 2 aromatic carbocycles. The lowest BCUT2D eigenvalue weighted by Crippen LogP contribution is -2.74. The number of thioether (sulfide) groups is 1. The molecule has 0 bridgehead atoms. The Bertz CT molecular complexity index is 1330. The SMILES string of the molecule is C=C(C)[C@H](C(=O)OCc1ccc([N+](=O)[O-])cc1)N1C(=O)[C@H]([C@@](C)(O[SiH](C)C)C(C)(C)C)[C@H]1CC(=O)Sc1ccccc1. The van der Waals surface area contributed by atoms with Gasteiger partial charge in [0, 0.05) is 23.4 Å². The summed E-state index contributed by atoms with van der Waals surface area (Å²) >= 11 is 1.10. The van der Waals surface area contributed by atoms with Crippen molar-refractivity contribution in [3.8, 4) is 0 Å². The summed E-state index contributed by atoms with van der Waals surface area (Å²) < 4.78 is 12.2. The summed E-state index contributed by atoms with van der Waals surface area (Å²) in [6.07, 6.45) is 0.0179. The number of ether oxygens (including phenoxy) is 1. The van der Waals surface area contributed by atoms with Crippen molar-refractivity contribution in [2.75, 3.05) is 0 Å². The fourth-order valence-electron chi connectivity index (χ4n) is 5.24. The van der Waals surface area contributed by atoms with Gasteiger partial charge in [0.05, 0.1) is 22.5 Å². The summed E-state index contributed by atoms with van der Waals surface area (Å²) in [5, 5.41) is 10.8. The third-order valence-electron chi connectivity index (χ3n) is 7.67. The number of rotatable bonds is 12. The fourth-order valence-corrected chi connectivity index (χ4v) is 7.53. The predicted octanol–water partition coefficient (Wildman–Crippen LogP) is 5.92. The van der Waals surface area contributed by atoms with Gasteiger partial charge in [-0.05, 0) is 67.8 Å². The van der Waals surface area contributed by atoms with E-state index in [1.165, 1.54) is 29.2 Å². The molecule has 4 atom stereocenters. The molecule has 0 N–H and O–H groups in total. The molecular formula is C31H40N2O7SSi. The van der Waals surface area contributed by atoms with Crippen molar-refractivity contribution in [1.82, 2.24) is 4.90 Å². The molecule has 0 unspecified atom stereocenters. The van der Waals surface area contributed by atoms with E-state index in [-0.39, 0.29) is 29.7 Å².